The lowest BCUT2D eigenvalue weighted by Crippen LogP contribution is -2.23. The molecule has 0 aliphatic heterocycles. The number of nitrogens with zero attached hydrogens (tertiary/aromatic N) is 4. The molecule has 0 amide bonds. The summed E-state index contributed by atoms with van der Waals surface area (Å²) < 4.78 is 1.76. The van der Waals surface area contributed by atoms with Crippen LogP contribution in [0.5, 0.6) is 0 Å². The fourth-order valence-electron chi connectivity index (χ4n) is 2.39. The second kappa shape index (κ2) is 5.91. The topological polar surface area (TPSA) is 90.4 Å². The van der Waals surface area contributed by atoms with Gasteiger partial charge in [-0.2, -0.15) is 9.50 Å². The van der Waals surface area contributed by atoms with E-state index < -0.39 is 4.92 Å². The summed E-state index contributed by atoms with van der Waals surface area (Å²) in [5, 5.41) is 15.0. The van der Waals surface area contributed by atoms with Crippen molar-refractivity contribution in [2.45, 2.75) is 0 Å². The first-order chi connectivity index (χ1) is 12.1. The summed E-state index contributed by atoms with van der Waals surface area (Å²) in [5.41, 5.74) is 1.30. The SMILES string of the molecule is O=c1c(=Cc2ccc([N+](=O)[O-])cc2)sc2nc(-c3ccccc3)nn12. The monoisotopic (exact) mass is 350 g/mol. The maximum absolute atomic E-state index is 12.5. The molecule has 8 heteroatoms. The van der Waals surface area contributed by atoms with Gasteiger partial charge in [-0.05, 0) is 23.8 Å². The third kappa shape index (κ3) is 2.79. The van der Waals surface area contributed by atoms with Crippen molar-refractivity contribution < 1.29 is 4.92 Å². The van der Waals surface area contributed by atoms with E-state index in [-0.39, 0.29) is 11.2 Å². The molecule has 2 heterocycles. The molecule has 2 aromatic carbocycles. The van der Waals surface area contributed by atoms with Crippen LogP contribution in [0, 0.1) is 10.1 Å². The van der Waals surface area contributed by atoms with E-state index in [1.54, 1.807) is 18.2 Å². The maximum Gasteiger partial charge on any atom is 0.291 e. The molecule has 0 saturated heterocycles. The van der Waals surface area contributed by atoms with Crippen LogP contribution in [0.3, 0.4) is 0 Å². The van der Waals surface area contributed by atoms with E-state index in [4.69, 9.17) is 0 Å². The Balaban J connectivity index is 1.76. The average molecular weight is 350 g/mol. The predicted molar refractivity (Wildman–Crippen MR) is 94.5 cm³/mol. The molecule has 0 aliphatic rings. The molecule has 7 nitrogen and oxygen atoms in total. The zero-order valence-corrected chi connectivity index (χ0v) is 13.5. The second-order valence-electron chi connectivity index (χ2n) is 5.26. The minimum absolute atomic E-state index is 0.00893. The summed E-state index contributed by atoms with van der Waals surface area (Å²) in [6.45, 7) is 0. The Kier molecular flexibility index (Phi) is 3.58. The van der Waals surface area contributed by atoms with Crippen LogP contribution in [0.1, 0.15) is 5.56 Å². The summed E-state index contributed by atoms with van der Waals surface area (Å²) in [5.74, 6) is 0.505. The van der Waals surface area contributed by atoms with E-state index in [1.165, 1.54) is 28.0 Å². The first-order valence-corrected chi connectivity index (χ1v) is 8.15. The zero-order valence-electron chi connectivity index (χ0n) is 12.7. The minimum Gasteiger partial charge on any atom is -0.266 e. The average Bonchev–Trinajstić information content (AvgIpc) is 3.16. The number of hydrogen-bond donors (Lipinski definition) is 0. The lowest BCUT2D eigenvalue weighted by atomic mass is 10.2. The standard InChI is InChI=1S/C17H10N4O3S/c22-16-14(10-11-6-8-13(9-7-11)21(23)24)25-17-18-15(19-20(16)17)12-4-2-1-3-5-12/h1-10H. The first-order valence-electron chi connectivity index (χ1n) is 7.33. The van der Waals surface area contributed by atoms with Crippen LogP contribution < -0.4 is 10.1 Å². The highest BCUT2D eigenvalue weighted by Crippen LogP contribution is 2.16. The van der Waals surface area contributed by atoms with Crippen LogP contribution in [0.15, 0.2) is 59.4 Å². The van der Waals surface area contributed by atoms with E-state index in [9.17, 15) is 14.9 Å². The third-order valence-electron chi connectivity index (χ3n) is 3.62. The first kappa shape index (κ1) is 15.2. The van der Waals surface area contributed by atoms with Gasteiger partial charge >= 0.3 is 0 Å². The molecule has 0 unspecified atom stereocenters. The molecule has 0 spiro atoms. The van der Waals surface area contributed by atoms with E-state index in [0.29, 0.717) is 20.9 Å². The number of nitro benzene ring substituents is 1. The Bertz CT molecular complexity index is 1180. The lowest BCUT2D eigenvalue weighted by Gasteiger charge is -1.92. The van der Waals surface area contributed by atoms with Gasteiger partial charge in [-0.1, -0.05) is 41.7 Å². The number of non-ortho nitro benzene ring substituents is 1. The molecule has 0 radical (unpaired) electrons. The van der Waals surface area contributed by atoms with Crippen molar-refractivity contribution in [1.82, 2.24) is 14.6 Å². The molecule has 2 aromatic heterocycles. The largest absolute Gasteiger partial charge is 0.291 e. The van der Waals surface area contributed by atoms with E-state index in [1.807, 2.05) is 30.3 Å². The Morgan fingerprint density at radius 3 is 2.44 bits per heavy atom. The number of benzene rings is 2. The van der Waals surface area contributed by atoms with Crippen LogP contribution in [-0.4, -0.2) is 19.5 Å². The van der Waals surface area contributed by atoms with E-state index in [0.717, 1.165) is 5.56 Å². The number of hydrogen-bond acceptors (Lipinski definition) is 6. The van der Waals surface area contributed by atoms with E-state index >= 15 is 0 Å². The smallest absolute Gasteiger partial charge is 0.266 e. The summed E-state index contributed by atoms with van der Waals surface area (Å²) in [7, 11) is 0. The van der Waals surface area contributed by atoms with Crippen molar-refractivity contribution in [2.75, 3.05) is 0 Å². The highest BCUT2D eigenvalue weighted by Gasteiger charge is 2.11. The van der Waals surface area contributed by atoms with E-state index in [2.05, 4.69) is 10.1 Å². The number of fused-ring (bicyclic) bond motifs is 1. The quantitative estimate of drug-likeness (QED) is 0.418. The molecule has 0 bridgehead atoms. The van der Waals surface area contributed by atoms with Gasteiger partial charge in [0, 0.05) is 17.7 Å². The fourth-order valence-corrected chi connectivity index (χ4v) is 3.29. The third-order valence-corrected chi connectivity index (χ3v) is 4.57. The van der Waals surface area contributed by atoms with Crippen LogP contribution in [0.4, 0.5) is 5.69 Å². The molecular weight excluding hydrogens is 340 g/mol. The maximum atomic E-state index is 12.5. The number of aromatic nitrogens is 3. The lowest BCUT2D eigenvalue weighted by molar-refractivity contribution is -0.384. The van der Waals surface area contributed by atoms with Gasteiger partial charge in [0.15, 0.2) is 5.82 Å². The molecule has 0 fully saturated rings. The van der Waals surface area contributed by atoms with Gasteiger partial charge in [0.05, 0.1) is 9.46 Å². The Morgan fingerprint density at radius 1 is 1.08 bits per heavy atom. The molecule has 25 heavy (non-hydrogen) atoms. The summed E-state index contributed by atoms with van der Waals surface area (Å²) >= 11 is 1.23. The van der Waals surface area contributed by atoms with Gasteiger partial charge in [-0.25, -0.2) is 0 Å². The second-order valence-corrected chi connectivity index (χ2v) is 6.27. The normalized spacial score (nSPS) is 11.9. The van der Waals surface area contributed by atoms with Gasteiger partial charge in [0.2, 0.25) is 4.96 Å². The Morgan fingerprint density at radius 2 is 1.80 bits per heavy atom. The van der Waals surface area contributed by atoms with Crippen molar-refractivity contribution in [1.29, 1.82) is 0 Å². The van der Waals surface area contributed by atoms with Gasteiger partial charge in [-0.15, -0.1) is 5.10 Å². The molecule has 0 atom stereocenters. The van der Waals surface area contributed by atoms with Crippen molar-refractivity contribution in [3.63, 3.8) is 0 Å². The van der Waals surface area contributed by atoms with Crippen molar-refractivity contribution in [3.8, 4) is 11.4 Å². The minimum atomic E-state index is -0.461. The molecule has 0 aliphatic carbocycles. The summed E-state index contributed by atoms with van der Waals surface area (Å²) in [4.78, 5) is 27.6. The van der Waals surface area contributed by atoms with Crippen molar-refractivity contribution in [2.24, 2.45) is 0 Å². The molecule has 122 valence electrons. The van der Waals surface area contributed by atoms with Crippen LogP contribution in [-0.2, 0) is 0 Å². The highest BCUT2D eigenvalue weighted by atomic mass is 32.1. The highest BCUT2D eigenvalue weighted by molar-refractivity contribution is 7.15. The van der Waals surface area contributed by atoms with Gasteiger partial charge in [-0.3, -0.25) is 14.9 Å². The van der Waals surface area contributed by atoms with Gasteiger partial charge in [0.25, 0.3) is 11.2 Å². The summed E-state index contributed by atoms with van der Waals surface area (Å²) in [6, 6.07) is 15.4. The van der Waals surface area contributed by atoms with Crippen molar-refractivity contribution >= 4 is 28.1 Å². The molecule has 4 rings (SSSR count). The number of thiazole rings is 1. The van der Waals surface area contributed by atoms with Crippen LogP contribution in [0.25, 0.3) is 22.4 Å². The van der Waals surface area contributed by atoms with Crippen molar-refractivity contribution in [3.05, 3.63) is 85.2 Å². The van der Waals surface area contributed by atoms with Gasteiger partial charge < -0.3 is 0 Å². The molecule has 0 N–H and O–H groups in total. The predicted octanol–water partition coefficient (Wildman–Crippen LogP) is 2.27. The Hall–Kier alpha value is -3.39. The van der Waals surface area contributed by atoms with Crippen LogP contribution >= 0.6 is 11.3 Å². The molecular formula is C17H10N4O3S. The molecule has 4 aromatic rings. The number of nitro groups is 1. The Labute approximate surface area is 144 Å². The summed E-state index contributed by atoms with van der Waals surface area (Å²) in [6.07, 6.45) is 1.68. The zero-order chi connectivity index (χ0) is 17.4. The van der Waals surface area contributed by atoms with Gasteiger partial charge in [0.1, 0.15) is 0 Å². The fraction of sp³-hybridized carbons (Fsp3) is 0. The van der Waals surface area contributed by atoms with Crippen LogP contribution in [0.2, 0.25) is 0 Å². The molecule has 0 saturated carbocycles. The number of rotatable bonds is 3.